The third-order valence-corrected chi connectivity index (χ3v) is 3.39. The van der Waals surface area contributed by atoms with Gasteiger partial charge in [-0.25, -0.2) is 0 Å². The van der Waals surface area contributed by atoms with E-state index in [2.05, 4.69) is 5.32 Å². The van der Waals surface area contributed by atoms with Crippen LogP contribution in [0, 0.1) is 10.1 Å². The van der Waals surface area contributed by atoms with Gasteiger partial charge in [0.05, 0.1) is 21.8 Å². The molecule has 7 nitrogen and oxygen atoms in total. The second-order valence-electron chi connectivity index (χ2n) is 4.53. The topological polar surface area (TPSA) is 94.2 Å². The lowest BCUT2D eigenvalue weighted by Crippen LogP contribution is -2.31. The average molecular weight is 322 g/mol. The number of nitro groups is 1. The summed E-state index contributed by atoms with van der Waals surface area (Å²) in [6.45, 7) is 1.47. The molecule has 1 N–H and O–H groups in total. The molecule has 1 aromatic heterocycles. The molecule has 1 aromatic carbocycles. The highest BCUT2D eigenvalue weighted by Crippen LogP contribution is 2.21. The molecule has 2 aromatic rings. The van der Waals surface area contributed by atoms with Gasteiger partial charge < -0.3 is 5.32 Å². The monoisotopic (exact) mass is 321 g/mol. The van der Waals surface area contributed by atoms with Gasteiger partial charge in [-0.05, 0) is 19.1 Å². The molecule has 22 heavy (non-hydrogen) atoms. The Bertz CT molecular complexity index is 788. The van der Waals surface area contributed by atoms with Crippen molar-refractivity contribution >= 4 is 28.9 Å². The van der Waals surface area contributed by atoms with Crippen molar-refractivity contribution in [2.75, 3.05) is 5.32 Å². The van der Waals surface area contributed by atoms with E-state index in [0.29, 0.717) is 10.7 Å². The van der Waals surface area contributed by atoms with E-state index in [1.54, 1.807) is 24.3 Å². The highest BCUT2D eigenvalue weighted by atomic mass is 35.5. The maximum absolute atomic E-state index is 12.2. The molecule has 8 heteroatoms. The minimum atomic E-state index is -0.927. The summed E-state index contributed by atoms with van der Waals surface area (Å²) in [5, 5.41) is 13.7. The minimum absolute atomic E-state index is 0.267. The molecular weight excluding hydrogens is 310 g/mol. The predicted molar refractivity (Wildman–Crippen MR) is 82.1 cm³/mol. The second-order valence-corrected chi connectivity index (χ2v) is 4.94. The quantitative estimate of drug-likeness (QED) is 0.691. The van der Waals surface area contributed by atoms with E-state index < -0.39 is 22.4 Å². The van der Waals surface area contributed by atoms with E-state index in [-0.39, 0.29) is 5.69 Å². The summed E-state index contributed by atoms with van der Waals surface area (Å²) < 4.78 is 1.00. The first-order valence-electron chi connectivity index (χ1n) is 6.32. The standard InChI is InChI=1S/C14H12ClN3O4/c1-9(14(20)16-12-5-3-2-4-11(12)15)17-8-10(18(21)22)6-7-13(17)19/h2-9H,1H3,(H,16,20). The van der Waals surface area contributed by atoms with Gasteiger partial charge in [0.15, 0.2) is 0 Å². The van der Waals surface area contributed by atoms with Crippen LogP contribution in [0.25, 0.3) is 0 Å². The summed E-state index contributed by atoms with van der Waals surface area (Å²) in [7, 11) is 0. The summed E-state index contributed by atoms with van der Waals surface area (Å²) >= 11 is 5.94. The first kappa shape index (κ1) is 15.7. The van der Waals surface area contributed by atoms with Gasteiger partial charge in [0.2, 0.25) is 5.91 Å². The molecule has 1 amide bonds. The molecule has 1 heterocycles. The number of carbonyl (C=O) groups excluding carboxylic acids is 1. The minimum Gasteiger partial charge on any atom is -0.323 e. The molecule has 0 aliphatic carbocycles. The highest BCUT2D eigenvalue weighted by Gasteiger charge is 2.19. The zero-order valence-corrected chi connectivity index (χ0v) is 12.3. The largest absolute Gasteiger partial charge is 0.323 e. The van der Waals surface area contributed by atoms with Crippen LogP contribution in [0.15, 0.2) is 47.4 Å². The Hall–Kier alpha value is -2.67. The summed E-state index contributed by atoms with van der Waals surface area (Å²) in [6.07, 6.45) is 1.04. The number of nitrogens with zero attached hydrogens (tertiary/aromatic N) is 2. The van der Waals surface area contributed by atoms with Crippen LogP contribution in [0.5, 0.6) is 0 Å². The summed E-state index contributed by atoms with van der Waals surface area (Å²) in [5.41, 5.74) is -0.371. The molecule has 1 unspecified atom stereocenters. The van der Waals surface area contributed by atoms with Gasteiger partial charge in [-0.1, -0.05) is 23.7 Å². The zero-order chi connectivity index (χ0) is 16.3. The number of aromatic nitrogens is 1. The Labute approximate surface area is 130 Å². The smallest absolute Gasteiger partial charge is 0.285 e. The first-order valence-corrected chi connectivity index (χ1v) is 6.70. The number of nitrogens with one attached hydrogen (secondary N) is 1. The third kappa shape index (κ3) is 3.32. The van der Waals surface area contributed by atoms with Crippen LogP contribution in [0.2, 0.25) is 5.02 Å². The van der Waals surface area contributed by atoms with Crippen molar-refractivity contribution in [3.05, 3.63) is 68.1 Å². The third-order valence-electron chi connectivity index (χ3n) is 3.06. The van der Waals surface area contributed by atoms with Crippen LogP contribution in [-0.4, -0.2) is 15.4 Å². The number of carbonyl (C=O) groups is 1. The maximum Gasteiger partial charge on any atom is 0.285 e. The van der Waals surface area contributed by atoms with E-state index >= 15 is 0 Å². The summed E-state index contributed by atoms with van der Waals surface area (Å²) in [5.74, 6) is -0.504. The van der Waals surface area contributed by atoms with Gasteiger partial charge in [-0.2, -0.15) is 0 Å². The van der Waals surface area contributed by atoms with Gasteiger partial charge in [0.1, 0.15) is 6.04 Å². The van der Waals surface area contributed by atoms with Gasteiger partial charge in [0, 0.05) is 12.1 Å². The number of benzene rings is 1. The van der Waals surface area contributed by atoms with E-state index in [1.165, 1.54) is 6.92 Å². The van der Waals surface area contributed by atoms with Gasteiger partial charge in [-0.3, -0.25) is 24.3 Å². The number of hydrogen-bond donors (Lipinski definition) is 1. The fourth-order valence-electron chi connectivity index (χ4n) is 1.83. The second kappa shape index (κ2) is 6.40. The number of hydrogen-bond acceptors (Lipinski definition) is 4. The predicted octanol–water partition coefficient (Wildman–Crippen LogP) is 2.61. The lowest BCUT2D eigenvalue weighted by Gasteiger charge is -2.15. The number of rotatable bonds is 4. The molecule has 0 aliphatic rings. The fourth-order valence-corrected chi connectivity index (χ4v) is 2.01. The molecular formula is C14H12ClN3O4. The molecule has 0 saturated heterocycles. The van der Waals surface area contributed by atoms with E-state index in [4.69, 9.17) is 11.6 Å². The van der Waals surface area contributed by atoms with Gasteiger partial charge >= 0.3 is 0 Å². The van der Waals surface area contributed by atoms with E-state index in [1.807, 2.05) is 0 Å². The Morgan fingerprint density at radius 2 is 2.00 bits per heavy atom. The molecule has 0 spiro atoms. The molecule has 2 rings (SSSR count). The molecule has 1 atom stereocenters. The van der Waals surface area contributed by atoms with Gasteiger partial charge in [0.25, 0.3) is 11.2 Å². The first-order chi connectivity index (χ1) is 10.4. The van der Waals surface area contributed by atoms with Crippen LogP contribution in [0.4, 0.5) is 11.4 Å². The zero-order valence-electron chi connectivity index (χ0n) is 11.5. The van der Waals surface area contributed by atoms with Crippen molar-refractivity contribution in [3.8, 4) is 0 Å². The fraction of sp³-hybridized carbons (Fsp3) is 0.143. The molecule has 114 valence electrons. The van der Waals surface area contributed by atoms with Gasteiger partial charge in [-0.15, -0.1) is 0 Å². The molecule has 0 saturated carbocycles. The van der Waals surface area contributed by atoms with Crippen LogP contribution in [-0.2, 0) is 4.79 Å². The normalized spacial score (nSPS) is 11.7. The van der Waals surface area contributed by atoms with Crippen molar-refractivity contribution in [2.24, 2.45) is 0 Å². The van der Waals surface area contributed by atoms with Crippen molar-refractivity contribution in [1.29, 1.82) is 0 Å². The lowest BCUT2D eigenvalue weighted by molar-refractivity contribution is -0.385. The lowest BCUT2D eigenvalue weighted by atomic mass is 10.2. The van der Waals surface area contributed by atoms with Crippen molar-refractivity contribution in [3.63, 3.8) is 0 Å². The Kier molecular flexibility index (Phi) is 4.57. The number of halogens is 1. The SMILES string of the molecule is CC(C(=O)Nc1ccccc1Cl)n1cc([N+](=O)[O-])ccc1=O. The Morgan fingerprint density at radius 3 is 2.64 bits per heavy atom. The number of anilines is 1. The summed E-state index contributed by atoms with van der Waals surface area (Å²) in [4.78, 5) is 34.1. The van der Waals surface area contributed by atoms with E-state index in [9.17, 15) is 19.7 Å². The number of para-hydroxylation sites is 1. The molecule has 0 aliphatic heterocycles. The van der Waals surface area contributed by atoms with Crippen LogP contribution in [0.1, 0.15) is 13.0 Å². The number of pyridine rings is 1. The van der Waals surface area contributed by atoms with E-state index in [0.717, 1.165) is 22.9 Å². The average Bonchev–Trinajstić information content (AvgIpc) is 2.49. The number of amides is 1. The van der Waals surface area contributed by atoms with Crippen molar-refractivity contribution < 1.29 is 9.72 Å². The van der Waals surface area contributed by atoms with Crippen molar-refractivity contribution in [2.45, 2.75) is 13.0 Å². The molecule has 0 fully saturated rings. The van der Waals surface area contributed by atoms with Crippen molar-refractivity contribution in [1.82, 2.24) is 4.57 Å². The Balaban J connectivity index is 2.28. The van der Waals surface area contributed by atoms with Crippen LogP contribution in [0.3, 0.4) is 0 Å². The molecule has 0 bridgehead atoms. The maximum atomic E-state index is 12.2. The summed E-state index contributed by atoms with van der Waals surface area (Å²) in [6, 6.07) is 7.86. The van der Waals surface area contributed by atoms with Crippen LogP contribution < -0.4 is 10.9 Å². The Morgan fingerprint density at radius 1 is 1.32 bits per heavy atom. The molecule has 0 radical (unpaired) electrons. The highest BCUT2D eigenvalue weighted by molar-refractivity contribution is 6.33. The van der Waals surface area contributed by atoms with Crippen LogP contribution >= 0.6 is 11.6 Å².